The summed E-state index contributed by atoms with van der Waals surface area (Å²) in [6, 6.07) is 15.7. The van der Waals surface area contributed by atoms with Gasteiger partial charge in [-0.15, -0.1) is 0 Å². The summed E-state index contributed by atoms with van der Waals surface area (Å²) >= 11 is 0. The molecule has 4 rings (SSSR count). The van der Waals surface area contributed by atoms with Crippen LogP contribution in [0.4, 0.5) is 0 Å². The zero-order chi connectivity index (χ0) is 16.9. The molecular formula is C24H31N. The van der Waals surface area contributed by atoms with Crippen LogP contribution in [0.2, 0.25) is 0 Å². The predicted octanol–water partition coefficient (Wildman–Crippen LogP) is 7.71. The fourth-order valence-corrected chi connectivity index (χ4v) is 4.71. The van der Waals surface area contributed by atoms with Crippen molar-refractivity contribution >= 4 is 21.8 Å². The van der Waals surface area contributed by atoms with Gasteiger partial charge in [0.1, 0.15) is 0 Å². The molecule has 0 spiro atoms. The van der Waals surface area contributed by atoms with E-state index >= 15 is 0 Å². The smallest absolute Gasteiger partial charge is 0.0500 e. The topological polar surface area (TPSA) is 15.8 Å². The highest BCUT2D eigenvalue weighted by atomic mass is 14.7. The fourth-order valence-electron chi connectivity index (χ4n) is 4.71. The zero-order valence-electron chi connectivity index (χ0n) is 15.4. The fraction of sp³-hybridized carbons (Fsp3) is 0.500. The van der Waals surface area contributed by atoms with E-state index in [0.717, 1.165) is 5.92 Å². The summed E-state index contributed by atoms with van der Waals surface area (Å²) in [5, 5.41) is 2.77. The highest BCUT2D eigenvalue weighted by Crippen LogP contribution is 2.36. The Morgan fingerprint density at radius 3 is 1.92 bits per heavy atom. The van der Waals surface area contributed by atoms with Gasteiger partial charge in [-0.05, 0) is 30.4 Å². The molecule has 0 unspecified atom stereocenters. The first kappa shape index (κ1) is 16.7. The maximum atomic E-state index is 3.73. The minimum absolute atomic E-state index is 0.719. The number of nitrogens with one attached hydrogen (secondary N) is 1. The third kappa shape index (κ3) is 3.76. The first-order valence-corrected chi connectivity index (χ1v) is 10.4. The van der Waals surface area contributed by atoms with E-state index in [2.05, 4.69) is 47.4 Å². The van der Waals surface area contributed by atoms with Crippen LogP contribution in [0.3, 0.4) is 0 Å². The quantitative estimate of drug-likeness (QED) is 0.469. The minimum atomic E-state index is 0.719. The molecule has 1 heteroatoms. The number of hydrogen-bond acceptors (Lipinski definition) is 0. The Kier molecular flexibility index (Phi) is 5.40. The van der Waals surface area contributed by atoms with Crippen molar-refractivity contribution in [1.29, 1.82) is 0 Å². The van der Waals surface area contributed by atoms with Crippen LogP contribution in [0.5, 0.6) is 0 Å². The predicted molar refractivity (Wildman–Crippen MR) is 109 cm³/mol. The van der Waals surface area contributed by atoms with Crippen LogP contribution >= 0.6 is 0 Å². The van der Waals surface area contributed by atoms with Crippen molar-refractivity contribution in [3.05, 3.63) is 48.0 Å². The molecule has 1 fully saturated rings. The van der Waals surface area contributed by atoms with Gasteiger partial charge in [-0.25, -0.2) is 0 Å². The Hall–Kier alpha value is -1.76. The van der Waals surface area contributed by atoms with Crippen molar-refractivity contribution < 1.29 is 0 Å². The lowest BCUT2D eigenvalue weighted by molar-refractivity contribution is 0.468. The van der Waals surface area contributed by atoms with E-state index in [0.29, 0.717) is 0 Å². The average molecular weight is 334 g/mol. The van der Waals surface area contributed by atoms with Crippen LogP contribution in [0.15, 0.2) is 42.5 Å². The van der Waals surface area contributed by atoms with Crippen LogP contribution in [-0.4, -0.2) is 4.98 Å². The number of benzene rings is 2. The van der Waals surface area contributed by atoms with E-state index in [4.69, 9.17) is 0 Å². The molecule has 1 saturated carbocycles. The first-order chi connectivity index (χ1) is 12.4. The van der Waals surface area contributed by atoms with Gasteiger partial charge in [0.15, 0.2) is 0 Å². The molecule has 132 valence electrons. The van der Waals surface area contributed by atoms with Crippen LogP contribution in [0.25, 0.3) is 21.8 Å². The summed E-state index contributed by atoms with van der Waals surface area (Å²) in [7, 11) is 0. The van der Waals surface area contributed by atoms with Crippen LogP contribution in [0.1, 0.15) is 82.1 Å². The Morgan fingerprint density at radius 1 is 0.600 bits per heavy atom. The molecule has 1 nitrogen and oxygen atoms in total. The van der Waals surface area contributed by atoms with Crippen molar-refractivity contribution in [2.45, 2.75) is 76.5 Å². The number of fused-ring (bicyclic) bond motifs is 3. The van der Waals surface area contributed by atoms with Gasteiger partial charge in [0, 0.05) is 21.8 Å². The Bertz CT molecular complexity index is 801. The SMILES string of the molecule is c1ccc2c(c1)[nH]c1c(C3CCCCCCCCCCC3)cccc12. The van der Waals surface area contributed by atoms with E-state index in [-0.39, 0.29) is 0 Å². The molecule has 1 aliphatic carbocycles. The molecule has 1 heterocycles. The van der Waals surface area contributed by atoms with E-state index in [1.165, 1.54) is 92.4 Å². The number of para-hydroxylation sites is 2. The molecule has 0 saturated heterocycles. The highest BCUT2D eigenvalue weighted by Gasteiger charge is 2.16. The monoisotopic (exact) mass is 333 g/mol. The molecule has 3 aromatic rings. The van der Waals surface area contributed by atoms with Crippen molar-refractivity contribution in [2.24, 2.45) is 0 Å². The molecule has 2 aromatic carbocycles. The van der Waals surface area contributed by atoms with Gasteiger partial charge in [-0.3, -0.25) is 0 Å². The maximum absolute atomic E-state index is 3.73. The van der Waals surface area contributed by atoms with E-state index in [9.17, 15) is 0 Å². The number of rotatable bonds is 1. The molecule has 0 radical (unpaired) electrons. The standard InChI is InChI=1S/C24H31N/c1-2-4-6-8-13-19(14-9-7-5-3-1)20-16-12-17-22-21-15-10-11-18-23(21)25-24(20)22/h10-12,15-19,25H,1-9,13-14H2. The lowest BCUT2D eigenvalue weighted by Gasteiger charge is -2.19. The largest absolute Gasteiger partial charge is 0.354 e. The van der Waals surface area contributed by atoms with Crippen LogP contribution in [0, 0.1) is 0 Å². The normalized spacial score (nSPS) is 18.9. The summed E-state index contributed by atoms with van der Waals surface area (Å²) in [5.41, 5.74) is 4.23. The van der Waals surface area contributed by atoms with Crippen LogP contribution in [-0.2, 0) is 0 Å². The molecule has 1 aliphatic rings. The third-order valence-corrected chi connectivity index (χ3v) is 6.12. The Balaban J connectivity index is 1.65. The summed E-state index contributed by atoms with van der Waals surface area (Å²) in [6.07, 6.45) is 15.5. The Labute approximate surface area is 151 Å². The lowest BCUT2D eigenvalue weighted by Crippen LogP contribution is -2.01. The maximum Gasteiger partial charge on any atom is 0.0500 e. The molecule has 0 amide bonds. The number of hydrogen-bond donors (Lipinski definition) is 1. The summed E-state index contributed by atoms with van der Waals surface area (Å²) < 4.78 is 0. The summed E-state index contributed by atoms with van der Waals surface area (Å²) in [6.45, 7) is 0. The highest BCUT2D eigenvalue weighted by molar-refractivity contribution is 6.08. The number of aromatic amines is 1. The van der Waals surface area contributed by atoms with Gasteiger partial charge < -0.3 is 4.98 Å². The molecule has 1 aromatic heterocycles. The second kappa shape index (κ2) is 8.08. The van der Waals surface area contributed by atoms with Gasteiger partial charge in [-0.2, -0.15) is 0 Å². The van der Waals surface area contributed by atoms with Crippen molar-refractivity contribution in [2.75, 3.05) is 0 Å². The molecule has 0 bridgehead atoms. The Morgan fingerprint density at radius 2 is 1.20 bits per heavy atom. The third-order valence-electron chi connectivity index (χ3n) is 6.12. The molecule has 1 N–H and O–H groups in total. The zero-order valence-corrected chi connectivity index (χ0v) is 15.4. The van der Waals surface area contributed by atoms with E-state index in [1.54, 1.807) is 5.56 Å². The second-order valence-corrected chi connectivity index (χ2v) is 7.90. The van der Waals surface area contributed by atoms with Gasteiger partial charge >= 0.3 is 0 Å². The van der Waals surface area contributed by atoms with E-state index < -0.39 is 0 Å². The minimum Gasteiger partial charge on any atom is -0.354 e. The lowest BCUT2D eigenvalue weighted by atomic mass is 9.86. The van der Waals surface area contributed by atoms with Gasteiger partial charge in [-0.1, -0.05) is 94.2 Å². The summed E-state index contributed by atoms with van der Waals surface area (Å²) in [5.74, 6) is 0.719. The van der Waals surface area contributed by atoms with Gasteiger partial charge in [0.05, 0.1) is 0 Å². The van der Waals surface area contributed by atoms with Crippen LogP contribution < -0.4 is 0 Å². The van der Waals surface area contributed by atoms with Crippen molar-refractivity contribution in [3.63, 3.8) is 0 Å². The average Bonchev–Trinajstić information content (AvgIpc) is 3.01. The molecule has 0 atom stereocenters. The van der Waals surface area contributed by atoms with E-state index in [1.807, 2.05) is 0 Å². The van der Waals surface area contributed by atoms with Gasteiger partial charge in [0.25, 0.3) is 0 Å². The second-order valence-electron chi connectivity index (χ2n) is 7.90. The van der Waals surface area contributed by atoms with Crippen molar-refractivity contribution in [1.82, 2.24) is 4.98 Å². The number of aromatic nitrogens is 1. The number of H-pyrrole nitrogens is 1. The molecular weight excluding hydrogens is 302 g/mol. The molecule has 0 aliphatic heterocycles. The molecule has 25 heavy (non-hydrogen) atoms. The van der Waals surface area contributed by atoms with Gasteiger partial charge in [0.2, 0.25) is 0 Å². The first-order valence-electron chi connectivity index (χ1n) is 10.4. The van der Waals surface area contributed by atoms with Crippen molar-refractivity contribution in [3.8, 4) is 0 Å². The summed E-state index contributed by atoms with van der Waals surface area (Å²) in [4.78, 5) is 3.73.